The number of alkyl halides is 3. The molecule has 0 atom stereocenters. The summed E-state index contributed by atoms with van der Waals surface area (Å²) in [7, 11) is 0. The van der Waals surface area contributed by atoms with Gasteiger partial charge in [0.15, 0.2) is 5.78 Å². The molecule has 3 nitrogen and oxygen atoms in total. The molecule has 0 fully saturated rings. The third-order valence-corrected chi connectivity index (χ3v) is 4.93. The molecule has 0 saturated heterocycles. The van der Waals surface area contributed by atoms with Gasteiger partial charge in [-0.1, -0.05) is 29.3 Å². The minimum Gasteiger partial charge on any atom is -0.333 e. The summed E-state index contributed by atoms with van der Waals surface area (Å²) in [6, 6.07) is 8.44. The van der Waals surface area contributed by atoms with Gasteiger partial charge in [-0.05, 0) is 47.9 Å². The molecule has 0 spiro atoms. The number of aromatic nitrogens is 2. The molecule has 0 saturated carbocycles. The van der Waals surface area contributed by atoms with E-state index in [1.54, 1.807) is 29.0 Å². The normalized spacial score (nSPS) is 11.6. The van der Waals surface area contributed by atoms with Gasteiger partial charge >= 0.3 is 6.18 Å². The number of imidazole rings is 1. The lowest BCUT2D eigenvalue weighted by molar-refractivity contribution is -0.137. The highest BCUT2D eigenvalue weighted by atomic mass is 35.5. The van der Waals surface area contributed by atoms with Crippen molar-refractivity contribution in [1.29, 1.82) is 0 Å². The molecule has 28 heavy (non-hydrogen) atoms. The fourth-order valence-corrected chi connectivity index (χ4v) is 3.12. The van der Waals surface area contributed by atoms with Crippen LogP contribution in [0.2, 0.25) is 10.0 Å². The van der Waals surface area contributed by atoms with Crippen molar-refractivity contribution in [3.05, 3.63) is 87.4 Å². The van der Waals surface area contributed by atoms with E-state index in [1.807, 2.05) is 0 Å². The molecule has 2 aromatic carbocycles. The predicted molar refractivity (Wildman–Crippen MR) is 102 cm³/mol. The molecule has 8 heteroatoms. The van der Waals surface area contributed by atoms with Crippen LogP contribution in [0.25, 0.3) is 0 Å². The smallest absolute Gasteiger partial charge is 0.333 e. The Hall–Kier alpha value is -2.31. The number of halogens is 5. The fourth-order valence-electron chi connectivity index (χ4n) is 2.80. The Bertz CT molecular complexity index is 986. The molecule has 0 aliphatic heterocycles. The number of carbonyl (C=O) groups excluding carboxylic acids is 1. The molecule has 146 valence electrons. The number of ketones is 1. The minimum atomic E-state index is -4.54. The molecular weight excluding hydrogens is 412 g/mol. The van der Waals surface area contributed by atoms with Gasteiger partial charge in [-0.3, -0.25) is 4.79 Å². The van der Waals surface area contributed by atoms with Gasteiger partial charge in [0.2, 0.25) is 0 Å². The quantitative estimate of drug-likeness (QED) is 0.448. The molecule has 0 N–H and O–H groups in total. The van der Waals surface area contributed by atoms with E-state index in [1.165, 1.54) is 18.6 Å². The van der Waals surface area contributed by atoms with E-state index in [-0.39, 0.29) is 24.3 Å². The molecule has 0 unspecified atom stereocenters. The first-order chi connectivity index (χ1) is 13.2. The first kappa shape index (κ1) is 20.4. The van der Waals surface area contributed by atoms with E-state index in [0.29, 0.717) is 22.0 Å². The van der Waals surface area contributed by atoms with Gasteiger partial charge in [0.05, 0.1) is 21.9 Å². The Morgan fingerprint density at radius 2 is 1.82 bits per heavy atom. The number of benzene rings is 2. The topological polar surface area (TPSA) is 34.9 Å². The number of nitrogens with zero attached hydrogens (tertiary/aromatic N) is 2. The van der Waals surface area contributed by atoms with Crippen LogP contribution in [0.3, 0.4) is 0 Å². The Balaban J connectivity index is 1.82. The summed E-state index contributed by atoms with van der Waals surface area (Å²) in [5, 5.41) is 0.770. The van der Waals surface area contributed by atoms with Crippen LogP contribution in [0.15, 0.2) is 55.1 Å². The second-order valence-electron chi connectivity index (χ2n) is 6.32. The van der Waals surface area contributed by atoms with E-state index in [2.05, 4.69) is 4.98 Å². The Labute approximate surface area is 169 Å². The number of carbonyl (C=O) groups is 1. The summed E-state index contributed by atoms with van der Waals surface area (Å²) in [6.45, 7) is 0.191. The summed E-state index contributed by atoms with van der Waals surface area (Å²) in [5.74, 6) is -0.371. The van der Waals surface area contributed by atoms with Gasteiger partial charge in [-0.15, -0.1) is 0 Å². The highest BCUT2D eigenvalue weighted by Crippen LogP contribution is 2.31. The number of rotatable bonds is 6. The lowest BCUT2D eigenvalue weighted by Crippen LogP contribution is -2.11. The van der Waals surface area contributed by atoms with Crippen LogP contribution in [-0.2, 0) is 19.1 Å². The van der Waals surface area contributed by atoms with Gasteiger partial charge in [-0.2, -0.15) is 13.2 Å². The maximum atomic E-state index is 13.3. The van der Waals surface area contributed by atoms with Crippen LogP contribution in [0, 0.1) is 0 Å². The van der Waals surface area contributed by atoms with Crippen LogP contribution in [-0.4, -0.2) is 15.3 Å². The largest absolute Gasteiger partial charge is 0.416 e. The van der Waals surface area contributed by atoms with Gasteiger partial charge in [0.1, 0.15) is 0 Å². The predicted octanol–water partition coefficient (Wildman–Crippen LogP) is 6.07. The zero-order chi connectivity index (χ0) is 20.3. The maximum Gasteiger partial charge on any atom is 0.416 e. The average molecular weight is 427 g/mol. The van der Waals surface area contributed by atoms with E-state index in [0.717, 1.165) is 17.7 Å². The van der Waals surface area contributed by atoms with E-state index < -0.39 is 11.7 Å². The second-order valence-corrected chi connectivity index (χ2v) is 7.14. The van der Waals surface area contributed by atoms with Crippen LogP contribution in [0.1, 0.15) is 33.5 Å². The third kappa shape index (κ3) is 5.14. The first-order valence-electron chi connectivity index (χ1n) is 8.36. The van der Waals surface area contributed by atoms with E-state index in [9.17, 15) is 18.0 Å². The molecule has 0 radical (unpaired) electrons. The monoisotopic (exact) mass is 426 g/mol. The molecule has 3 aromatic rings. The summed E-state index contributed by atoms with van der Waals surface area (Å²) < 4.78 is 41.4. The molecule has 1 aromatic heterocycles. The van der Waals surface area contributed by atoms with Crippen LogP contribution in [0.5, 0.6) is 0 Å². The number of aryl methyl sites for hydroxylation is 1. The van der Waals surface area contributed by atoms with Crippen molar-refractivity contribution in [3.63, 3.8) is 0 Å². The minimum absolute atomic E-state index is 0.0324. The molecule has 0 aliphatic rings. The fraction of sp³-hybridized carbons (Fsp3) is 0.200. The zero-order valence-corrected chi connectivity index (χ0v) is 16.0. The Morgan fingerprint density at radius 1 is 1.04 bits per heavy atom. The summed E-state index contributed by atoms with van der Waals surface area (Å²) >= 11 is 11.8. The standard InChI is InChI=1S/C20H15Cl2F3N2O/c21-17-3-1-13(9-18(17)22)2-4-19(28)15-7-14(11-27-6-5-26-12-27)8-16(10-15)20(23,24)25/h1,3,5-10,12H,2,4,11H2. The summed E-state index contributed by atoms with van der Waals surface area (Å²) in [6.07, 6.45) is 0.561. The van der Waals surface area contributed by atoms with Crippen molar-refractivity contribution < 1.29 is 18.0 Å². The van der Waals surface area contributed by atoms with Gasteiger partial charge in [-0.25, -0.2) is 4.98 Å². The van der Waals surface area contributed by atoms with Crippen molar-refractivity contribution in [3.8, 4) is 0 Å². The molecule has 0 bridgehead atoms. The zero-order valence-electron chi connectivity index (χ0n) is 14.5. The Morgan fingerprint density at radius 3 is 2.46 bits per heavy atom. The number of Topliss-reactive ketones (excluding diaryl/α,β-unsaturated/α-hetero) is 1. The van der Waals surface area contributed by atoms with E-state index >= 15 is 0 Å². The third-order valence-electron chi connectivity index (χ3n) is 4.19. The van der Waals surface area contributed by atoms with Gasteiger partial charge in [0.25, 0.3) is 0 Å². The molecule has 0 aliphatic carbocycles. The average Bonchev–Trinajstić information content (AvgIpc) is 3.14. The lowest BCUT2D eigenvalue weighted by Gasteiger charge is -2.12. The Kier molecular flexibility index (Phi) is 6.10. The number of hydrogen-bond donors (Lipinski definition) is 0. The SMILES string of the molecule is O=C(CCc1ccc(Cl)c(Cl)c1)c1cc(Cn2ccnc2)cc(C(F)(F)F)c1. The summed E-state index contributed by atoms with van der Waals surface area (Å²) in [5.41, 5.74) is 0.354. The number of hydrogen-bond acceptors (Lipinski definition) is 2. The van der Waals surface area contributed by atoms with E-state index in [4.69, 9.17) is 23.2 Å². The van der Waals surface area contributed by atoms with Crippen molar-refractivity contribution in [2.75, 3.05) is 0 Å². The maximum absolute atomic E-state index is 13.3. The van der Waals surface area contributed by atoms with Crippen LogP contribution < -0.4 is 0 Å². The first-order valence-corrected chi connectivity index (χ1v) is 9.12. The summed E-state index contributed by atoms with van der Waals surface area (Å²) in [4.78, 5) is 16.4. The lowest BCUT2D eigenvalue weighted by atomic mass is 9.98. The van der Waals surface area contributed by atoms with Gasteiger partial charge in [0, 0.05) is 30.9 Å². The van der Waals surface area contributed by atoms with Crippen molar-refractivity contribution in [2.45, 2.75) is 25.6 Å². The molecule has 3 rings (SSSR count). The van der Waals surface area contributed by atoms with Crippen molar-refractivity contribution in [1.82, 2.24) is 9.55 Å². The van der Waals surface area contributed by atoms with Crippen LogP contribution in [0.4, 0.5) is 13.2 Å². The van der Waals surface area contributed by atoms with Crippen molar-refractivity contribution >= 4 is 29.0 Å². The molecule has 1 heterocycles. The molecule has 0 amide bonds. The highest BCUT2D eigenvalue weighted by molar-refractivity contribution is 6.42. The van der Waals surface area contributed by atoms with Crippen LogP contribution >= 0.6 is 23.2 Å². The van der Waals surface area contributed by atoms with Gasteiger partial charge < -0.3 is 4.57 Å². The van der Waals surface area contributed by atoms with Crippen molar-refractivity contribution in [2.24, 2.45) is 0 Å². The second kappa shape index (κ2) is 8.37. The molecular formula is C20H15Cl2F3N2O. The highest BCUT2D eigenvalue weighted by Gasteiger charge is 2.31.